The molecule has 0 spiro atoms. The molecule has 0 unspecified atom stereocenters. The number of nitriles is 1. The second kappa shape index (κ2) is 5.57. The number of urea groups is 1. The summed E-state index contributed by atoms with van der Waals surface area (Å²) in [5, 5.41) is 12.0. The monoisotopic (exact) mass is 262 g/mol. The van der Waals surface area contributed by atoms with E-state index in [0.717, 1.165) is 18.5 Å². The van der Waals surface area contributed by atoms with Gasteiger partial charge in [-0.3, -0.25) is 0 Å². The van der Waals surface area contributed by atoms with Crippen molar-refractivity contribution in [3.63, 3.8) is 0 Å². The number of hydrogen-bond donors (Lipinski definition) is 2. The van der Waals surface area contributed by atoms with Gasteiger partial charge in [-0.2, -0.15) is 5.26 Å². The Morgan fingerprint density at radius 3 is 2.74 bits per heavy atom. The van der Waals surface area contributed by atoms with E-state index >= 15 is 0 Å². The maximum Gasteiger partial charge on any atom is 0.314 e. The zero-order valence-corrected chi connectivity index (χ0v) is 10.4. The first-order valence-electron chi connectivity index (χ1n) is 6.10. The van der Waals surface area contributed by atoms with Gasteiger partial charge in [-0.05, 0) is 31.0 Å². The van der Waals surface area contributed by atoms with Crippen molar-refractivity contribution in [2.24, 2.45) is 5.73 Å². The first-order valence-corrected chi connectivity index (χ1v) is 6.10. The molecule has 0 aromatic heterocycles. The molecule has 0 bridgehead atoms. The molecule has 0 atom stereocenters. The number of hydrogen-bond acceptors (Lipinski definition) is 3. The fourth-order valence-electron chi connectivity index (χ4n) is 2.18. The van der Waals surface area contributed by atoms with Gasteiger partial charge < -0.3 is 16.0 Å². The highest BCUT2D eigenvalue weighted by Crippen LogP contribution is 2.19. The van der Waals surface area contributed by atoms with E-state index in [9.17, 15) is 9.18 Å². The molecule has 5 nitrogen and oxygen atoms in total. The maximum absolute atomic E-state index is 13.2. The molecule has 0 radical (unpaired) electrons. The van der Waals surface area contributed by atoms with Gasteiger partial charge in [0.05, 0.1) is 5.56 Å². The molecule has 6 heteroatoms. The number of anilines is 1. The number of rotatable bonds is 2. The lowest BCUT2D eigenvalue weighted by atomic mass is 10.0. The molecule has 19 heavy (non-hydrogen) atoms. The van der Waals surface area contributed by atoms with Gasteiger partial charge in [0.15, 0.2) is 0 Å². The summed E-state index contributed by atoms with van der Waals surface area (Å²) in [6.07, 6.45) is 1.56. The number of nitrogens with zero attached hydrogens (tertiary/aromatic N) is 2. The summed E-state index contributed by atoms with van der Waals surface area (Å²) in [6.45, 7) is 1.22. The molecular weight excluding hydrogens is 247 g/mol. The number of carbonyl (C=O) groups is 1. The SMILES string of the molecule is N#Cc1cc(NC2CCN(C(N)=O)CC2)ccc1F. The van der Waals surface area contributed by atoms with Crippen molar-refractivity contribution >= 4 is 11.7 Å². The molecule has 1 saturated heterocycles. The van der Waals surface area contributed by atoms with E-state index in [1.165, 1.54) is 12.1 Å². The predicted octanol–water partition coefficient (Wildman–Crippen LogP) is 1.65. The average molecular weight is 262 g/mol. The molecule has 1 aliphatic heterocycles. The molecule has 0 saturated carbocycles. The van der Waals surface area contributed by atoms with Crippen LogP contribution >= 0.6 is 0 Å². The lowest BCUT2D eigenvalue weighted by molar-refractivity contribution is 0.193. The number of likely N-dealkylation sites (tertiary alicyclic amines) is 1. The highest BCUT2D eigenvalue weighted by molar-refractivity contribution is 5.72. The fraction of sp³-hybridized carbons (Fsp3) is 0.385. The van der Waals surface area contributed by atoms with Crippen LogP contribution in [0.2, 0.25) is 0 Å². The van der Waals surface area contributed by atoms with Crippen LogP contribution in [0.3, 0.4) is 0 Å². The molecule has 1 aromatic rings. The first kappa shape index (κ1) is 13.1. The molecule has 1 fully saturated rings. The standard InChI is InChI=1S/C13H15FN4O/c14-12-2-1-11(7-9(12)8-15)17-10-3-5-18(6-4-10)13(16)19/h1-2,7,10,17H,3-6H2,(H2,16,19). The largest absolute Gasteiger partial charge is 0.382 e. The van der Waals surface area contributed by atoms with Crippen LogP contribution in [0.25, 0.3) is 0 Å². The van der Waals surface area contributed by atoms with Gasteiger partial charge in [0.2, 0.25) is 0 Å². The quantitative estimate of drug-likeness (QED) is 0.850. The van der Waals surface area contributed by atoms with Crippen LogP contribution in [-0.4, -0.2) is 30.1 Å². The summed E-state index contributed by atoms with van der Waals surface area (Å²) >= 11 is 0. The second-order valence-electron chi connectivity index (χ2n) is 4.55. The van der Waals surface area contributed by atoms with E-state index in [1.54, 1.807) is 11.0 Å². The minimum Gasteiger partial charge on any atom is -0.382 e. The Kier molecular flexibility index (Phi) is 3.85. The second-order valence-corrected chi connectivity index (χ2v) is 4.55. The Labute approximate surface area is 110 Å². The lowest BCUT2D eigenvalue weighted by Crippen LogP contribution is -2.44. The van der Waals surface area contributed by atoms with Crippen LogP contribution in [0.15, 0.2) is 18.2 Å². The molecule has 0 aliphatic carbocycles. The molecule has 1 aromatic carbocycles. The van der Waals surface area contributed by atoms with Gasteiger partial charge >= 0.3 is 6.03 Å². The van der Waals surface area contributed by atoms with Gasteiger partial charge in [0.1, 0.15) is 11.9 Å². The Bertz CT molecular complexity index is 518. The first-order chi connectivity index (χ1) is 9.10. The maximum atomic E-state index is 13.2. The topological polar surface area (TPSA) is 82.2 Å². The highest BCUT2D eigenvalue weighted by Gasteiger charge is 2.21. The highest BCUT2D eigenvalue weighted by atomic mass is 19.1. The lowest BCUT2D eigenvalue weighted by Gasteiger charge is -2.31. The Morgan fingerprint density at radius 2 is 2.16 bits per heavy atom. The van der Waals surface area contributed by atoms with Crippen molar-refractivity contribution in [1.82, 2.24) is 4.90 Å². The van der Waals surface area contributed by atoms with Crippen molar-refractivity contribution in [1.29, 1.82) is 5.26 Å². The molecule has 3 N–H and O–H groups in total. The van der Waals surface area contributed by atoms with Crippen molar-refractivity contribution in [3.8, 4) is 6.07 Å². The van der Waals surface area contributed by atoms with E-state index in [0.29, 0.717) is 13.1 Å². The third kappa shape index (κ3) is 3.13. The van der Waals surface area contributed by atoms with Crippen molar-refractivity contribution in [2.45, 2.75) is 18.9 Å². The van der Waals surface area contributed by atoms with Crippen LogP contribution in [-0.2, 0) is 0 Å². The van der Waals surface area contributed by atoms with E-state index in [4.69, 9.17) is 11.0 Å². The van der Waals surface area contributed by atoms with Gasteiger partial charge in [0.25, 0.3) is 0 Å². The van der Waals surface area contributed by atoms with Crippen molar-refractivity contribution < 1.29 is 9.18 Å². The minimum atomic E-state index is -0.517. The molecule has 1 heterocycles. The summed E-state index contributed by atoms with van der Waals surface area (Å²) in [4.78, 5) is 12.6. The zero-order chi connectivity index (χ0) is 13.8. The third-order valence-electron chi connectivity index (χ3n) is 3.26. The number of benzene rings is 1. The average Bonchev–Trinajstić information content (AvgIpc) is 2.41. The fourth-order valence-corrected chi connectivity index (χ4v) is 2.18. The van der Waals surface area contributed by atoms with Gasteiger partial charge in [-0.25, -0.2) is 9.18 Å². The van der Waals surface area contributed by atoms with E-state index in [2.05, 4.69) is 5.32 Å². The van der Waals surface area contributed by atoms with Crippen molar-refractivity contribution in [2.75, 3.05) is 18.4 Å². The van der Waals surface area contributed by atoms with Crippen LogP contribution < -0.4 is 11.1 Å². The van der Waals surface area contributed by atoms with Crippen LogP contribution in [0.1, 0.15) is 18.4 Å². The number of carbonyl (C=O) groups excluding carboxylic acids is 1. The molecule has 2 rings (SSSR count). The van der Waals surface area contributed by atoms with Crippen LogP contribution in [0.5, 0.6) is 0 Å². The number of nitrogens with one attached hydrogen (secondary N) is 1. The predicted molar refractivity (Wildman–Crippen MR) is 68.9 cm³/mol. The number of nitrogens with two attached hydrogens (primary N) is 1. The number of piperidine rings is 1. The number of halogens is 1. The van der Waals surface area contributed by atoms with Crippen molar-refractivity contribution in [3.05, 3.63) is 29.6 Å². The van der Waals surface area contributed by atoms with Crippen LogP contribution in [0, 0.1) is 17.1 Å². The minimum absolute atomic E-state index is 0.0274. The smallest absolute Gasteiger partial charge is 0.314 e. The summed E-state index contributed by atoms with van der Waals surface area (Å²) in [5.41, 5.74) is 5.95. The number of amides is 2. The van der Waals surface area contributed by atoms with Gasteiger partial charge in [-0.1, -0.05) is 0 Å². The molecule has 100 valence electrons. The molecule has 2 amide bonds. The Balaban J connectivity index is 1.96. The Hall–Kier alpha value is -2.29. The Morgan fingerprint density at radius 1 is 1.47 bits per heavy atom. The van der Waals surface area contributed by atoms with Crippen LogP contribution in [0.4, 0.5) is 14.9 Å². The van der Waals surface area contributed by atoms with E-state index in [-0.39, 0.29) is 11.6 Å². The van der Waals surface area contributed by atoms with Gasteiger partial charge in [-0.15, -0.1) is 0 Å². The number of primary amides is 1. The van der Waals surface area contributed by atoms with E-state index in [1.807, 2.05) is 6.07 Å². The molecule has 1 aliphatic rings. The molecular formula is C13H15FN4O. The normalized spacial score (nSPS) is 15.9. The third-order valence-corrected chi connectivity index (χ3v) is 3.26. The summed E-state index contributed by atoms with van der Waals surface area (Å²) in [7, 11) is 0. The summed E-state index contributed by atoms with van der Waals surface area (Å²) in [6, 6.07) is 6.00. The summed E-state index contributed by atoms with van der Waals surface area (Å²) < 4.78 is 13.2. The zero-order valence-electron chi connectivity index (χ0n) is 10.4. The summed E-state index contributed by atoms with van der Waals surface area (Å²) in [5.74, 6) is -0.517. The van der Waals surface area contributed by atoms with Gasteiger partial charge in [0, 0.05) is 24.8 Å². The van der Waals surface area contributed by atoms with E-state index < -0.39 is 11.8 Å².